The lowest BCUT2D eigenvalue weighted by atomic mass is 9.76. The van der Waals surface area contributed by atoms with Gasteiger partial charge in [-0.25, -0.2) is 4.79 Å². The smallest absolute Gasteiger partial charge is 0.408 e. The molecule has 2 unspecified atom stereocenters. The van der Waals surface area contributed by atoms with E-state index in [1.165, 1.54) is 32.1 Å². The third-order valence-corrected chi connectivity index (χ3v) is 4.92. The van der Waals surface area contributed by atoms with Gasteiger partial charge in [0, 0.05) is 12.6 Å². The standard InChI is InChI=1S/C17H32N2O2/c1-5-13-7-8-14(11-13)18-12-17(9-6-10-17)19-15(20)21-16(2,3)4/h13-14,18H,5-12H2,1-4H3,(H,19,20). The normalized spacial score (nSPS) is 28.0. The van der Waals surface area contributed by atoms with Crippen LogP contribution in [0.25, 0.3) is 0 Å². The lowest BCUT2D eigenvalue weighted by molar-refractivity contribution is 0.0379. The van der Waals surface area contributed by atoms with Gasteiger partial charge in [-0.15, -0.1) is 0 Å². The van der Waals surface area contributed by atoms with E-state index in [1.54, 1.807) is 0 Å². The highest BCUT2D eigenvalue weighted by molar-refractivity contribution is 5.69. The zero-order valence-corrected chi connectivity index (χ0v) is 14.1. The highest BCUT2D eigenvalue weighted by Gasteiger charge is 2.40. The van der Waals surface area contributed by atoms with Crippen molar-refractivity contribution in [3.63, 3.8) is 0 Å². The van der Waals surface area contributed by atoms with Gasteiger partial charge in [-0.1, -0.05) is 13.3 Å². The molecule has 2 atom stereocenters. The molecule has 0 heterocycles. The number of ether oxygens (including phenoxy) is 1. The average Bonchev–Trinajstić information content (AvgIpc) is 2.78. The van der Waals surface area contributed by atoms with E-state index in [1.807, 2.05) is 20.8 Å². The number of hydrogen-bond acceptors (Lipinski definition) is 3. The summed E-state index contributed by atoms with van der Waals surface area (Å²) in [5, 5.41) is 6.80. The van der Waals surface area contributed by atoms with E-state index in [0.29, 0.717) is 6.04 Å². The lowest BCUT2D eigenvalue weighted by Gasteiger charge is -2.43. The van der Waals surface area contributed by atoms with E-state index >= 15 is 0 Å². The lowest BCUT2D eigenvalue weighted by Crippen LogP contribution is -2.60. The minimum Gasteiger partial charge on any atom is -0.444 e. The van der Waals surface area contributed by atoms with Crippen LogP contribution >= 0.6 is 0 Å². The van der Waals surface area contributed by atoms with Crippen molar-refractivity contribution in [2.45, 2.75) is 89.8 Å². The number of hydrogen-bond donors (Lipinski definition) is 2. The van der Waals surface area contributed by atoms with Crippen LogP contribution < -0.4 is 10.6 Å². The first kappa shape index (κ1) is 16.6. The van der Waals surface area contributed by atoms with Crippen LogP contribution in [0.15, 0.2) is 0 Å². The van der Waals surface area contributed by atoms with Crippen molar-refractivity contribution in [3.05, 3.63) is 0 Å². The van der Waals surface area contributed by atoms with Crippen molar-refractivity contribution in [2.75, 3.05) is 6.54 Å². The Morgan fingerprint density at radius 1 is 1.29 bits per heavy atom. The molecule has 2 saturated carbocycles. The first-order valence-corrected chi connectivity index (χ1v) is 8.56. The monoisotopic (exact) mass is 296 g/mol. The first-order valence-electron chi connectivity index (χ1n) is 8.56. The third-order valence-electron chi connectivity index (χ3n) is 4.92. The topological polar surface area (TPSA) is 50.4 Å². The molecule has 4 heteroatoms. The second kappa shape index (κ2) is 6.55. The summed E-state index contributed by atoms with van der Waals surface area (Å²) < 4.78 is 5.40. The number of nitrogens with one attached hydrogen (secondary N) is 2. The summed E-state index contributed by atoms with van der Waals surface area (Å²) >= 11 is 0. The van der Waals surface area contributed by atoms with Gasteiger partial charge in [-0.2, -0.15) is 0 Å². The first-order chi connectivity index (χ1) is 9.82. The van der Waals surface area contributed by atoms with Crippen molar-refractivity contribution in [1.82, 2.24) is 10.6 Å². The summed E-state index contributed by atoms with van der Waals surface area (Å²) in [7, 11) is 0. The number of alkyl carbamates (subject to hydrolysis) is 1. The molecule has 2 aliphatic rings. The maximum atomic E-state index is 12.0. The van der Waals surface area contributed by atoms with Crippen LogP contribution in [0.2, 0.25) is 0 Å². The van der Waals surface area contributed by atoms with Crippen LogP contribution in [-0.4, -0.2) is 29.8 Å². The summed E-state index contributed by atoms with van der Waals surface area (Å²) in [6, 6.07) is 0.632. The molecule has 0 aromatic heterocycles. The average molecular weight is 296 g/mol. The number of rotatable bonds is 5. The van der Waals surface area contributed by atoms with Crippen LogP contribution in [0.4, 0.5) is 4.79 Å². The number of carbonyl (C=O) groups is 1. The predicted molar refractivity (Wildman–Crippen MR) is 85.4 cm³/mol. The second-order valence-electron chi connectivity index (χ2n) is 7.93. The molecule has 21 heavy (non-hydrogen) atoms. The van der Waals surface area contributed by atoms with Gasteiger partial charge in [0.1, 0.15) is 5.60 Å². The number of carbonyl (C=O) groups excluding carboxylic acids is 1. The van der Waals surface area contributed by atoms with Crippen LogP contribution in [0.1, 0.15) is 72.6 Å². The molecule has 0 aromatic rings. The molecule has 4 nitrogen and oxygen atoms in total. The summed E-state index contributed by atoms with van der Waals surface area (Å²) in [6.07, 6.45) is 8.24. The van der Waals surface area contributed by atoms with Crippen molar-refractivity contribution in [3.8, 4) is 0 Å². The molecule has 2 aliphatic carbocycles. The van der Waals surface area contributed by atoms with Crippen LogP contribution in [0.5, 0.6) is 0 Å². The van der Waals surface area contributed by atoms with E-state index in [2.05, 4.69) is 17.6 Å². The largest absolute Gasteiger partial charge is 0.444 e. The molecule has 2 rings (SSSR count). The van der Waals surface area contributed by atoms with Gasteiger partial charge in [0.05, 0.1) is 5.54 Å². The van der Waals surface area contributed by atoms with E-state index < -0.39 is 5.60 Å². The molecule has 0 aliphatic heterocycles. The summed E-state index contributed by atoms with van der Waals surface area (Å²) in [5.74, 6) is 0.888. The molecule has 2 fully saturated rings. The van der Waals surface area contributed by atoms with Crippen LogP contribution in [-0.2, 0) is 4.74 Å². The van der Waals surface area contributed by atoms with Crippen molar-refractivity contribution in [2.24, 2.45) is 5.92 Å². The van der Waals surface area contributed by atoms with Gasteiger partial charge in [0.15, 0.2) is 0 Å². The van der Waals surface area contributed by atoms with E-state index in [0.717, 1.165) is 25.3 Å². The highest BCUT2D eigenvalue weighted by atomic mass is 16.6. The summed E-state index contributed by atoms with van der Waals surface area (Å²) in [5.41, 5.74) is -0.505. The van der Waals surface area contributed by atoms with Crippen LogP contribution in [0, 0.1) is 5.92 Å². The molecule has 0 radical (unpaired) electrons. The zero-order chi connectivity index (χ0) is 15.5. The molecule has 0 bridgehead atoms. The zero-order valence-electron chi connectivity index (χ0n) is 14.1. The SMILES string of the molecule is CCC1CCC(NCC2(NC(=O)OC(C)(C)C)CCC2)C1. The van der Waals surface area contributed by atoms with Crippen molar-refractivity contribution in [1.29, 1.82) is 0 Å². The molecule has 0 saturated heterocycles. The van der Waals surface area contributed by atoms with E-state index in [4.69, 9.17) is 4.74 Å². The number of amides is 1. The maximum absolute atomic E-state index is 12.0. The Bertz CT molecular complexity index is 358. The minimum atomic E-state index is -0.428. The Labute approximate surface area is 129 Å². The van der Waals surface area contributed by atoms with Gasteiger partial charge in [-0.3, -0.25) is 0 Å². The Kier molecular flexibility index (Phi) is 5.18. The second-order valence-corrected chi connectivity index (χ2v) is 7.93. The maximum Gasteiger partial charge on any atom is 0.408 e. The van der Waals surface area contributed by atoms with Gasteiger partial charge >= 0.3 is 6.09 Å². The quantitative estimate of drug-likeness (QED) is 0.815. The Balaban J connectivity index is 1.78. The Morgan fingerprint density at radius 3 is 2.48 bits per heavy atom. The highest BCUT2D eigenvalue weighted by Crippen LogP contribution is 2.33. The van der Waals surface area contributed by atoms with E-state index in [9.17, 15) is 4.79 Å². The third kappa shape index (κ3) is 4.87. The Morgan fingerprint density at radius 2 is 2.00 bits per heavy atom. The fourth-order valence-electron chi connectivity index (χ4n) is 3.44. The molecular weight excluding hydrogens is 264 g/mol. The molecular formula is C17H32N2O2. The predicted octanol–water partition coefficient (Wildman–Crippen LogP) is 3.60. The fraction of sp³-hybridized carbons (Fsp3) is 0.941. The van der Waals surface area contributed by atoms with Crippen molar-refractivity contribution < 1.29 is 9.53 Å². The van der Waals surface area contributed by atoms with Gasteiger partial charge in [0.25, 0.3) is 0 Å². The fourth-order valence-corrected chi connectivity index (χ4v) is 3.44. The van der Waals surface area contributed by atoms with Gasteiger partial charge < -0.3 is 15.4 Å². The molecule has 1 amide bonds. The van der Waals surface area contributed by atoms with Gasteiger partial charge in [0.2, 0.25) is 0 Å². The molecule has 0 spiro atoms. The Hall–Kier alpha value is -0.770. The summed E-state index contributed by atoms with van der Waals surface area (Å²) in [6.45, 7) is 8.88. The van der Waals surface area contributed by atoms with Crippen LogP contribution in [0.3, 0.4) is 0 Å². The molecule has 122 valence electrons. The van der Waals surface area contributed by atoms with Gasteiger partial charge in [-0.05, 0) is 65.2 Å². The van der Waals surface area contributed by atoms with Crippen molar-refractivity contribution >= 4 is 6.09 Å². The molecule has 2 N–H and O–H groups in total. The summed E-state index contributed by atoms with van der Waals surface area (Å²) in [4.78, 5) is 12.0. The van der Waals surface area contributed by atoms with E-state index in [-0.39, 0.29) is 11.6 Å². The minimum absolute atomic E-state index is 0.0768. The molecule has 0 aromatic carbocycles.